The summed E-state index contributed by atoms with van der Waals surface area (Å²) < 4.78 is 10.4. The Kier molecular flexibility index (Phi) is 4.07. The summed E-state index contributed by atoms with van der Waals surface area (Å²) in [7, 11) is 0. The van der Waals surface area contributed by atoms with Crippen molar-refractivity contribution in [3.63, 3.8) is 0 Å². The summed E-state index contributed by atoms with van der Waals surface area (Å²) in [6.45, 7) is 3.98. The van der Waals surface area contributed by atoms with E-state index in [9.17, 15) is 4.79 Å². The van der Waals surface area contributed by atoms with Crippen LogP contribution in [0.1, 0.15) is 23.0 Å². The highest BCUT2D eigenvalue weighted by molar-refractivity contribution is 5.89. The average molecular weight is 258 g/mol. The minimum Gasteiger partial charge on any atom is -0.462 e. The maximum absolute atomic E-state index is 11.5. The molecule has 5 nitrogen and oxygen atoms in total. The van der Waals surface area contributed by atoms with Crippen molar-refractivity contribution in [2.45, 2.75) is 13.8 Å². The van der Waals surface area contributed by atoms with Gasteiger partial charge >= 0.3 is 12.0 Å². The van der Waals surface area contributed by atoms with Crippen molar-refractivity contribution in [2.24, 2.45) is 0 Å². The topological polar surface area (TPSA) is 61.3 Å². The van der Waals surface area contributed by atoms with Crippen molar-refractivity contribution in [1.82, 2.24) is 9.97 Å². The summed E-state index contributed by atoms with van der Waals surface area (Å²) in [6.07, 6.45) is 1.63. The van der Waals surface area contributed by atoms with Gasteiger partial charge in [0.2, 0.25) is 0 Å². The molecule has 0 saturated heterocycles. The smallest absolute Gasteiger partial charge is 0.338 e. The van der Waals surface area contributed by atoms with Crippen LogP contribution in [0.15, 0.2) is 36.5 Å². The molecule has 0 atom stereocenters. The van der Waals surface area contributed by atoms with Gasteiger partial charge in [0.1, 0.15) is 5.75 Å². The first-order valence-electron chi connectivity index (χ1n) is 5.93. The highest BCUT2D eigenvalue weighted by atomic mass is 16.5. The summed E-state index contributed by atoms with van der Waals surface area (Å²) in [5, 5.41) is 0. The van der Waals surface area contributed by atoms with Gasteiger partial charge in [-0.3, -0.25) is 0 Å². The highest BCUT2D eigenvalue weighted by Crippen LogP contribution is 2.18. The normalized spacial score (nSPS) is 10.0. The van der Waals surface area contributed by atoms with E-state index >= 15 is 0 Å². The minimum atomic E-state index is -0.346. The lowest BCUT2D eigenvalue weighted by Gasteiger charge is -2.05. The predicted octanol–water partition coefficient (Wildman–Crippen LogP) is 2.75. The van der Waals surface area contributed by atoms with E-state index in [2.05, 4.69) is 9.97 Å². The molecule has 1 heterocycles. The van der Waals surface area contributed by atoms with Crippen LogP contribution in [0.4, 0.5) is 0 Å². The molecule has 19 heavy (non-hydrogen) atoms. The Morgan fingerprint density at radius 2 is 1.95 bits per heavy atom. The van der Waals surface area contributed by atoms with Gasteiger partial charge in [-0.15, -0.1) is 0 Å². The number of carbonyl (C=O) groups excluding carboxylic acids is 1. The summed E-state index contributed by atoms with van der Waals surface area (Å²) in [5.74, 6) is 0.222. The molecule has 2 aromatic rings. The first-order chi connectivity index (χ1) is 9.19. The second-order valence-electron chi connectivity index (χ2n) is 3.83. The molecule has 0 N–H and O–H groups in total. The number of carbonyl (C=O) groups is 1. The third-order valence-corrected chi connectivity index (χ3v) is 2.35. The van der Waals surface area contributed by atoms with E-state index in [1.54, 1.807) is 43.5 Å². The zero-order valence-electron chi connectivity index (χ0n) is 10.8. The van der Waals surface area contributed by atoms with E-state index in [1.165, 1.54) is 0 Å². The molecule has 0 spiro atoms. The second-order valence-corrected chi connectivity index (χ2v) is 3.83. The number of aryl methyl sites for hydroxylation is 1. The Hall–Kier alpha value is -2.43. The van der Waals surface area contributed by atoms with Crippen LogP contribution in [0.25, 0.3) is 0 Å². The standard InChI is InChI=1S/C14H14N2O3/c1-3-18-13(17)11-4-6-12(7-5-11)19-14-15-9-8-10(2)16-14/h4-9H,3H2,1-2H3. The van der Waals surface area contributed by atoms with Gasteiger partial charge in [-0.25, -0.2) is 14.8 Å². The average Bonchev–Trinajstić information content (AvgIpc) is 2.40. The van der Waals surface area contributed by atoms with Crippen molar-refractivity contribution in [3.05, 3.63) is 47.8 Å². The fraction of sp³-hybridized carbons (Fsp3) is 0.214. The monoisotopic (exact) mass is 258 g/mol. The molecule has 0 saturated carbocycles. The van der Waals surface area contributed by atoms with Gasteiger partial charge in [-0.1, -0.05) is 0 Å². The van der Waals surface area contributed by atoms with Crippen LogP contribution in [0.2, 0.25) is 0 Å². The number of benzene rings is 1. The largest absolute Gasteiger partial charge is 0.462 e. The molecule has 0 aliphatic heterocycles. The third-order valence-electron chi connectivity index (χ3n) is 2.35. The molecule has 1 aromatic carbocycles. The van der Waals surface area contributed by atoms with Crippen molar-refractivity contribution in [2.75, 3.05) is 6.61 Å². The Morgan fingerprint density at radius 3 is 2.58 bits per heavy atom. The number of ether oxygens (including phenoxy) is 2. The molecular formula is C14H14N2O3. The third kappa shape index (κ3) is 3.51. The second kappa shape index (κ2) is 5.95. The lowest BCUT2D eigenvalue weighted by molar-refractivity contribution is 0.0526. The molecule has 98 valence electrons. The van der Waals surface area contributed by atoms with Crippen LogP contribution in [-0.4, -0.2) is 22.5 Å². The van der Waals surface area contributed by atoms with E-state index in [0.717, 1.165) is 5.69 Å². The van der Waals surface area contributed by atoms with Gasteiger partial charge in [0.05, 0.1) is 12.2 Å². The molecule has 0 amide bonds. The SMILES string of the molecule is CCOC(=O)c1ccc(Oc2nccc(C)n2)cc1. The van der Waals surface area contributed by atoms with Gasteiger partial charge < -0.3 is 9.47 Å². The van der Waals surface area contributed by atoms with Crippen LogP contribution in [-0.2, 0) is 4.74 Å². The molecule has 2 rings (SSSR count). The number of rotatable bonds is 4. The van der Waals surface area contributed by atoms with Crippen LogP contribution in [0.3, 0.4) is 0 Å². The summed E-state index contributed by atoms with van der Waals surface area (Å²) in [6, 6.07) is 8.71. The highest BCUT2D eigenvalue weighted by Gasteiger charge is 2.06. The van der Waals surface area contributed by atoms with Crippen LogP contribution < -0.4 is 4.74 Å². The minimum absolute atomic E-state index is 0.281. The number of esters is 1. The van der Waals surface area contributed by atoms with E-state index < -0.39 is 0 Å². The first-order valence-corrected chi connectivity index (χ1v) is 5.93. The Bertz CT molecular complexity index is 567. The van der Waals surface area contributed by atoms with Crippen molar-refractivity contribution in [1.29, 1.82) is 0 Å². The molecule has 0 bridgehead atoms. The van der Waals surface area contributed by atoms with Crippen molar-refractivity contribution >= 4 is 5.97 Å². The van der Waals surface area contributed by atoms with Gasteiger partial charge in [-0.2, -0.15) is 0 Å². The van der Waals surface area contributed by atoms with E-state index in [1.807, 2.05) is 6.92 Å². The van der Waals surface area contributed by atoms with E-state index in [4.69, 9.17) is 9.47 Å². The van der Waals surface area contributed by atoms with Gasteiger partial charge in [-0.05, 0) is 44.2 Å². The van der Waals surface area contributed by atoms with Crippen LogP contribution in [0, 0.1) is 6.92 Å². The number of nitrogens with zero attached hydrogens (tertiary/aromatic N) is 2. The molecule has 0 fully saturated rings. The van der Waals surface area contributed by atoms with Crippen LogP contribution in [0.5, 0.6) is 11.8 Å². The maximum atomic E-state index is 11.5. The number of aromatic nitrogens is 2. The Labute approximate surface area is 111 Å². The van der Waals surface area contributed by atoms with Crippen molar-refractivity contribution in [3.8, 4) is 11.8 Å². The molecule has 5 heteroatoms. The summed E-state index contributed by atoms with van der Waals surface area (Å²) in [5.41, 5.74) is 1.31. The quantitative estimate of drug-likeness (QED) is 0.789. The van der Waals surface area contributed by atoms with Gasteiger partial charge in [0, 0.05) is 11.9 Å². The van der Waals surface area contributed by atoms with Gasteiger partial charge in [0.25, 0.3) is 0 Å². The lowest BCUT2D eigenvalue weighted by atomic mass is 10.2. The van der Waals surface area contributed by atoms with E-state index in [-0.39, 0.29) is 12.0 Å². The summed E-state index contributed by atoms with van der Waals surface area (Å²) >= 11 is 0. The van der Waals surface area contributed by atoms with E-state index in [0.29, 0.717) is 17.9 Å². The molecular weight excluding hydrogens is 244 g/mol. The van der Waals surface area contributed by atoms with Crippen molar-refractivity contribution < 1.29 is 14.3 Å². The Balaban J connectivity index is 2.08. The molecule has 0 unspecified atom stereocenters. The summed E-state index contributed by atoms with van der Waals surface area (Å²) in [4.78, 5) is 19.6. The molecule has 0 aliphatic carbocycles. The molecule has 0 radical (unpaired) electrons. The molecule has 0 aliphatic rings. The fourth-order valence-electron chi connectivity index (χ4n) is 1.45. The lowest BCUT2D eigenvalue weighted by Crippen LogP contribution is -2.04. The Morgan fingerprint density at radius 1 is 1.21 bits per heavy atom. The number of hydrogen-bond acceptors (Lipinski definition) is 5. The predicted molar refractivity (Wildman–Crippen MR) is 69.2 cm³/mol. The fourth-order valence-corrected chi connectivity index (χ4v) is 1.45. The zero-order chi connectivity index (χ0) is 13.7. The zero-order valence-corrected chi connectivity index (χ0v) is 10.8. The van der Waals surface area contributed by atoms with Gasteiger partial charge in [0.15, 0.2) is 0 Å². The van der Waals surface area contributed by atoms with Crippen LogP contribution >= 0.6 is 0 Å². The first kappa shape index (κ1) is 13.0. The maximum Gasteiger partial charge on any atom is 0.338 e. The number of hydrogen-bond donors (Lipinski definition) is 0. The molecule has 1 aromatic heterocycles.